The normalized spacial score (nSPS) is 10.2. The molecule has 0 atom stereocenters. The minimum Gasteiger partial charge on any atom is -0.469 e. The van der Waals surface area contributed by atoms with Crippen LogP contribution in [0.3, 0.4) is 0 Å². The maximum Gasteiger partial charge on any atom is 0.286 e. The molecule has 2 aromatic heterocycles. The average Bonchev–Trinajstić information content (AvgIpc) is 2.92. The topological polar surface area (TPSA) is 118 Å². The molecule has 0 aliphatic carbocycles. The fraction of sp³-hybridized carbons (Fsp3) is 0.167. The number of pyridine rings is 1. The summed E-state index contributed by atoms with van der Waals surface area (Å²) in [7, 11) is 0. The van der Waals surface area contributed by atoms with Gasteiger partial charge in [-0.3, -0.25) is 19.7 Å². The van der Waals surface area contributed by atoms with Crippen LogP contribution in [0.5, 0.6) is 0 Å². The largest absolute Gasteiger partial charge is 0.469 e. The summed E-state index contributed by atoms with van der Waals surface area (Å²) >= 11 is 0. The van der Waals surface area contributed by atoms with Crippen LogP contribution < -0.4 is 10.9 Å². The Balaban J connectivity index is 2.03. The maximum atomic E-state index is 11.8. The van der Waals surface area contributed by atoms with Crippen molar-refractivity contribution in [3.8, 4) is 0 Å². The van der Waals surface area contributed by atoms with Crippen molar-refractivity contribution in [2.45, 2.75) is 6.42 Å². The van der Waals surface area contributed by atoms with Crippen molar-refractivity contribution in [2.24, 2.45) is 0 Å². The van der Waals surface area contributed by atoms with Gasteiger partial charge in [0, 0.05) is 19.0 Å². The minimum absolute atomic E-state index is 0.258. The molecule has 0 saturated carbocycles. The van der Waals surface area contributed by atoms with Crippen LogP contribution in [0.1, 0.15) is 16.1 Å². The summed E-state index contributed by atoms with van der Waals surface area (Å²) in [4.78, 5) is 35.3. The molecule has 0 aliphatic heterocycles. The van der Waals surface area contributed by atoms with Crippen LogP contribution in [0.15, 0.2) is 39.9 Å². The highest BCUT2D eigenvalue weighted by Gasteiger charge is 2.15. The van der Waals surface area contributed by atoms with E-state index in [4.69, 9.17) is 4.42 Å². The fourth-order valence-corrected chi connectivity index (χ4v) is 1.60. The van der Waals surface area contributed by atoms with E-state index in [1.165, 1.54) is 6.26 Å². The lowest BCUT2D eigenvalue weighted by molar-refractivity contribution is -0.385. The third-order valence-electron chi connectivity index (χ3n) is 2.58. The molecule has 0 unspecified atom stereocenters. The molecular formula is C12H11N3O5. The zero-order chi connectivity index (χ0) is 14.5. The first kappa shape index (κ1) is 13.5. The lowest BCUT2D eigenvalue weighted by Gasteiger charge is -2.03. The van der Waals surface area contributed by atoms with Crippen LogP contribution >= 0.6 is 0 Å². The van der Waals surface area contributed by atoms with Gasteiger partial charge in [0.05, 0.1) is 17.4 Å². The first-order valence-corrected chi connectivity index (χ1v) is 5.75. The molecule has 0 aromatic carbocycles. The van der Waals surface area contributed by atoms with Crippen LogP contribution in [-0.2, 0) is 6.42 Å². The lowest BCUT2D eigenvalue weighted by Crippen LogP contribution is -2.31. The van der Waals surface area contributed by atoms with Gasteiger partial charge in [-0.05, 0) is 12.1 Å². The number of aromatic nitrogens is 1. The first-order valence-electron chi connectivity index (χ1n) is 5.75. The Bertz CT molecular complexity index is 675. The highest BCUT2D eigenvalue weighted by molar-refractivity contribution is 5.94. The fourth-order valence-electron chi connectivity index (χ4n) is 1.60. The molecule has 0 saturated heterocycles. The average molecular weight is 277 g/mol. The maximum absolute atomic E-state index is 11.8. The number of nitro groups is 1. The molecule has 0 spiro atoms. The molecule has 0 fully saturated rings. The third-order valence-corrected chi connectivity index (χ3v) is 2.58. The van der Waals surface area contributed by atoms with Gasteiger partial charge in [0.15, 0.2) is 0 Å². The number of carbonyl (C=O) groups excluding carboxylic acids is 1. The second kappa shape index (κ2) is 5.83. The highest BCUT2D eigenvalue weighted by atomic mass is 16.6. The van der Waals surface area contributed by atoms with E-state index in [9.17, 15) is 19.7 Å². The number of nitrogens with one attached hydrogen (secondary N) is 2. The Morgan fingerprint density at radius 2 is 2.30 bits per heavy atom. The van der Waals surface area contributed by atoms with Crippen LogP contribution in [0.2, 0.25) is 0 Å². The second-order valence-corrected chi connectivity index (χ2v) is 3.94. The quantitative estimate of drug-likeness (QED) is 0.620. The number of hydrogen-bond acceptors (Lipinski definition) is 5. The predicted octanol–water partition coefficient (Wildman–Crippen LogP) is 0.849. The van der Waals surface area contributed by atoms with E-state index in [-0.39, 0.29) is 17.8 Å². The minimum atomic E-state index is -0.685. The summed E-state index contributed by atoms with van der Waals surface area (Å²) in [6.45, 7) is 0.258. The standard InChI is InChI=1S/C12H11N3O5/c16-11(13-4-3-9-2-1-5-20-9)10-6-8(15(18)19)7-14-12(10)17/h1-2,5-7H,3-4H2,(H,13,16)(H,14,17). The molecule has 8 nitrogen and oxygen atoms in total. The van der Waals surface area contributed by atoms with Gasteiger partial charge in [-0.2, -0.15) is 0 Å². The molecule has 2 aromatic rings. The zero-order valence-corrected chi connectivity index (χ0v) is 10.3. The van der Waals surface area contributed by atoms with Gasteiger partial charge in [-0.1, -0.05) is 0 Å². The summed E-state index contributed by atoms with van der Waals surface area (Å²) in [5, 5.41) is 13.1. The number of furan rings is 1. The number of nitrogens with zero attached hydrogens (tertiary/aromatic N) is 1. The smallest absolute Gasteiger partial charge is 0.286 e. The van der Waals surface area contributed by atoms with E-state index in [0.29, 0.717) is 12.2 Å². The van der Waals surface area contributed by atoms with Crippen molar-refractivity contribution in [1.82, 2.24) is 10.3 Å². The van der Waals surface area contributed by atoms with E-state index in [2.05, 4.69) is 10.3 Å². The summed E-state index contributed by atoms with van der Waals surface area (Å²) in [5.41, 5.74) is -1.31. The molecule has 104 valence electrons. The van der Waals surface area contributed by atoms with Gasteiger partial charge in [-0.25, -0.2) is 0 Å². The van der Waals surface area contributed by atoms with Crippen molar-refractivity contribution in [3.05, 3.63) is 62.5 Å². The van der Waals surface area contributed by atoms with Gasteiger partial charge in [0.2, 0.25) is 0 Å². The number of H-pyrrole nitrogens is 1. The van der Waals surface area contributed by atoms with Crippen molar-refractivity contribution in [1.29, 1.82) is 0 Å². The van der Waals surface area contributed by atoms with Gasteiger partial charge < -0.3 is 14.7 Å². The van der Waals surface area contributed by atoms with Crippen molar-refractivity contribution in [2.75, 3.05) is 6.54 Å². The first-order chi connectivity index (χ1) is 9.58. The molecule has 8 heteroatoms. The zero-order valence-electron chi connectivity index (χ0n) is 10.3. The number of amides is 1. The van der Waals surface area contributed by atoms with Gasteiger partial charge in [0.1, 0.15) is 11.3 Å². The molecular weight excluding hydrogens is 266 g/mol. The summed E-state index contributed by atoms with van der Waals surface area (Å²) in [5.74, 6) is 0.0276. The SMILES string of the molecule is O=C(NCCc1ccco1)c1cc([N+](=O)[O-])c[nH]c1=O. The highest BCUT2D eigenvalue weighted by Crippen LogP contribution is 2.08. The summed E-state index contributed by atoms with van der Waals surface area (Å²) in [6.07, 6.45) is 2.93. The van der Waals surface area contributed by atoms with Crippen LogP contribution in [-0.4, -0.2) is 22.4 Å². The number of carbonyl (C=O) groups is 1. The molecule has 2 heterocycles. The van der Waals surface area contributed by atoms with Gasteiger partial charge >= 0.3 is 0 Å². The predicted molar refractivity (Wildman–Crippen MR) is 68.5 cm³/mol. The summed E-state index contributed by atoms with van der Waals surface area (Å²) < 4.78 is 5.09. The Kier molecular flexibility index (Phi) is 3.94. The van der Waals surface area contributed by atoms with E-state index < -0.39 is 16.4 Å². The lowest BCUT2D eigenvalue weighted by atomic mass is 10.2. The van der Waals surface area contributed by atoms with Crippen molar-refractivity contribution in [3.63, 3.8) is 0 Å². The molecule has 0 radical (unpaired) electrons. The Morgan fingerprint density at radius 1 is 1.50 bits per heavy atom. The Morgan fingerprint density at radius 3 is 2.95 bits per heavy atom. The second-order valence-electron chi connectivity index (χ2n) is 3.94. The van der Waals surface area contributed by atoms with E-state index >= 15 is 0 Å². The number of aromatic amines is 1. The molecule has 2 rings (SSSR count). The monoisotopic (exact) mass is 277 g/mol. The molecule has 20 heavy (non-hydrogen) atoms. The van der Waals surface area contributed by atoms with E-state index in [1.807, 2.05) is 0 Å². The van der Waals surface area contributed by atoms with E-state index in [1.54, 1.807) is 12.1 Å². The van der Waals surface area contributed by atoms with Crippen LogP contribution in [0, 0.1) is 10.1 Å². The Hall–Kier alpha value is -2.90. The molecule has 2 N–H and O–H groups in total. The Labute approximate surface area is 112 Å². The number of hydrogen-bond donors (Lipinski definition) is 2. The molecule has 0 aliphatic rings. The number of rotatable bonds is 5. The summed E-state index contributed by atoms with van der Waals surface area (Å²) in [6, 6.07) is 4.43. The van der Waals surface area contributed by atoms with Crippen molar-refractivity contribution < 1.29 is 14.1 Å². The van der Waals surface area contributed by atoms with Crippen LogP contribution in [0.4, 0.5) is 5.69 Å². The van der Waals surface area contributed by atoms with Gasteiger partial charge in [-0.15, -0.1) is 0 Å². The van der Waals surface area contributed by atoms with Crippen molar-refractivity contribution >= 4 is 11.6 Å². The van der Waals surface area contributed by atoms with E-state index in [0.717, 1.165) is 12.3 Å². The third kappa shape index (κ3) is 3.10. The van der Waals surface area contributed by atoms with Crippen LogP contribution in [0.25, 0.3) is 0 Å². The molecule has 1 amide bonds. The molecule has 0 bridgehead atoms. The van der Waals surface area contributed by atoms with Gasteiger partial charge in [0.25, 0.3) is 17.2 Å².